The first kappa shape index (κ1) is 9.90. The van der Waals surface area contributed by atoms with Gasteiger partial charge >= 0.3 is 0 Å². The molecule has 0 amide bonds. The van der Waals surface area contributed by atoms with Crippen molar-refractivity contribution in [2.45, 2.75) is 26.2 Å². The zero-order chi connectivity index (χ0) is 7.98. The fourth-order valence-electron chi connectivity index (χ4n) is 0.719. The van der Waals surface area contributed by atoms with Crippen molar-refractivity contribution in [3.63, 3.8) is 0 Å². The summed E-state index contributed by atoms with van der Waals surface area (Å²) in [6.45, 7) is 3.68. The van der Waals surface area contributed by atoms with E-state index in [1.54, 1.807) is 6.66 Å². The molecule has 1 atom stereocenters. The van der Waals surface area contributed by atoms with Gasteiger partial charge in [0.2, 0.25) is 0 Å². The highest BCUT2D eigenvalue weighted by Crippen LogP contribution is 2.15. The molecule has 0 aromatic rings. The molecule has 0 aliphatic carbocycles. The molecule has 0 heterocycles. The monoisotopic (exact) mass is 162 g/mol. The SMILES string of the molecule is CCCC(=O)CC[PH](C)=O. The molecule has 2 nitrogen and oxygen atoms in total. The molecule has 0 rings (SSSR count). The second-order valence-corrected chi connectivity index (χ2v) is 4.39. The minimum atomic E-state index is -1.42. The van der Waals surface area contributed by atoms with Crippen LogP contribution >= 0.6 is 7.80 Å². The molecule has 0 fully saturated rings. The lowest BCUT2D eigenvalue weighted by atomic mass is 10.2. The van der Waals surface area contributed by atoms with Crippen molar-refractivity contribution in [1.82, 2.24) is 0 Å². The van der Waals surface area contributed by atoms with Crippen LogP contribution in [-0.2, 0) is 9.36 Å². The molecule has 3 heteroatoms. The normalized spacial score (nSPS) is 13.0. The molecule has 0 saturated carbocycles. The lowest BCUT2D eigenvalue weighted by Gasteiger charge is -1.94. The predicted molar refractivity (Wildman–Crippen MR) is 44.3 cm³/mol. The average molecular weight is 162 g/mol. The first-order valence-electron chi connectivity index (χ1n) is 3.68. The van der Waals surface area contributed by atoms with Crippen molar-refractivity contribution in [2.75, 3.05) is 12.8 Å². The maximum Gasteiger partial charge on any atom is 0.133 e. The van der Waals surface area contributed by atoms with E-state index in [2.05, 4.69) is 0 Å². The molecule has 0 N–H and O–H groups in total. The Bertz CT molecular complexity index is 132. The highest BCUT2D eigenvalue weighted by atomic mass is 31.1. The summed E-state index contributed by atoms with van der Waals surface area (Å²) >= 11 is 0. The smallest absolute Gasteiger partial charge is 0.133 e. The lowest BCUT2D eigenvalue weighted by Crippen LogP contribution is -1.97. The Morgan fingerprint density at radius 3 is 2.40 bits per heavy atom. The summed E-state index contributed by atoms with van der Waals surface area (Å²) in [6, 6.07) is 0. The Morgan fingerprint density at radius 2 is 2.00 bits per heavy atom. The van der Waals surface area contributed by atoms with Crippen molar-refractivity contribution >= 4 is 13.6 Å². The van der Waals surface area contributed by atoms with Crippen molar-refractivity contribution in [1.29, 1.82) is 0 Å². The fourth-order valence-corrected chi connectivity index (χ4v) is 1.35. The Balaban J connectivity index is 3.30. The minimum Gasteiger partial charge on any atom is -0.327 e. The van der Waals surface area contributed by atoms with Crippen molar-refractivity contribution < 1.29 is 9.36 Å². The van der Waals surface area contributed by atoms with Crippen LogP contribution in [0.4, 0.5) is 0 Å². The highest BCUT2D eigenvalue weighted by molar-refractivity contribution is 7.43. The van der Waals surface area contributed by atoms with Crippen LogP contribution in [-0.4, -0.2) is 18.6 Å². The topological polar surface area (TPSA) is 34.1 Å². The fraction of sp³-hybridized carbons (Fsp3) is 0.857. The molecule has 0 aromatic carbocycles. The van der Waals surface area contributed by atoms with E-state index in [0.717, 1.165) is 6.42 Å². The Kier molecular flexibility index (Phi) is 5.61. The van der Waals surface area contributed by atoms with E-state index in [4.69, 9.17) is 0 Å². The second-order valence-electron chi connectivity index (χ2n) is 2.49. The lowest BCUT2D eigenvalue weighted by molar-refractivity contribution is -0.118. The van der Waals surface area contributed by atoms with Gasteiger partial charge in [0.05, 0.1) is 7.80 Å². The number of Topliss-reactive ketones (excluding diaryl/α,β-unsaturated/α-hetero) is 1. The third-order valence-corrected chi connectivity index (χ3v) is 2.24. The largest absolute Gasteiger partial charge is 0.327 e. The Morgan fingerprint density at radius 1 is 1.40 bits per heavy atom. The van der Waals surface area contributed by atoms with Crippen LogP contribution in [0.25, 0.3) is 0 Å². The number of hydrogen-bond donors (Lipinski definition) is 0. The van der Waals surface area contributed by atoms with Crippen molar-refractivity contribution in [2.24, 2.45) is 0 Å². The summed E-state index contributed by atoms with van der Waals surface area (Å²) in [5.74, 6) is 0.253. The van der Waals surface area contributed by atoms with Gasteiger partial charge in [-0.25, -0.2) is 0 Å². The molecule has 0 radical (unpaired) electrons. The number of carbonyl (C=O) groups is 1. The van der Waals surface area contributed by atoms with Gasteiger partial charge in [0.15, 0.2) is 0 Å². The third-order valence-electron chi connectivity index (χ3n) is 1.28. The van der Waals surface area contributed by atoms with Gasteiger partial charge in [0, 0.05) is 19.0 Å². The van der Waals surface area contributed by atoms with Crippen LogP contribution in [0, 0.1) is 0 Å². The molecule has 0 aromatic heterocycles. The van der Waals surface area contributed by atoms with Crippen molar-refractivity contribution in [3.8, 4) is 0 Å². The summed E-state index contributed by atoms with van der Waals surface area (Å²) in [5.41, 5.74) is 0. The van der Waals surface area contributed by atoms with Crippen LogP contribution in [0.3, 0.4) is 0 Å². The van der Waals surface area contributed by atoms with E-state index in [1.165, 1.54) is 0 Å². The molecule has 60 valence electrons. The van der Waals surface area contributed by atoms with E-state index < -0.39 is 7.80 Å². The molecular weight excluding hydrogens is 147 g/mol. The molecule has 10 heavy (non-hydrogen) atoms. The summed E-state index contributed by atoms with van der Waals surface area (Å²) in [4.78, 5) is 10.8. The first-order valence-corrected chi connectivity index (χ1v) is 5.79. The summed E-state index contributed by atoms with van der Waals surface area (Å²) in [6.07, 6.45) is 2.67. The van der Waals surface area contributed by atoms with E-state index in [0.29, 0.717) is 19.0 Å². The highest BCUT2D eigenvalue weighted by Gasteiger charge is 2.00. The molecule has 0 saturated heterocycles. The predicted octanol–water partition coefficient (Wildman–Crippen LogP) is 1.94. The van der Waals surface area contributed by atoms with E-state index >= 15 is 0 Å². The Hall–Kier alpha value is -0.100. The minimum absolute atomic E-state index is 0.253. The average Bonchev–Trinajstić information content (AvgIpc) is 1.85. The first-order chi connectivity index (χ1) is 4.66. The van der Waals surface area contributed by atoms with Crippen LogP contribution in [0.1, 0.15) is 26.2 Å². The van der Waals surface area contributed by atoms with Gasteiger partial charge in [-0.05, 0) is 13.1 Å². The number of carbonyl (C=O) groups excluding carboxylic acids is 1. The summed E-state index contributed by atoms with van der Waals surface area (Å²) < 4.78 is 10.6. The molecule has 0 aliphatic rings. The standard InChI is InChI=1S/C7H15O2P/c1-3-4-7(8)5-6-10(2)9/h10H,3-6H2,1-2H3. The molecule has 0 bridgehead atoms. The van der Waals surface area contributed by atoms with E-state index in [9.17, 15) is 9.36 Å². The maximum absolute atomic E-state index is 10.8. The summed E-state index contributed by atoms with van der Waals surface area (Å²) in [7, 11) is -1.42. The zero-order valence-corrected chi connectivity index (χ0v) is 7.64. The summed E-state index contributed by atoms with van der Waals surface area (Å²) in [5, 5.41) is 0. The molecule has 1 unspecified atom stereocenters. The van der Waals surface area contributed by atoms with Gasteiger partial charge in [-0.3, -0.25) is 4.79 Å². The molecular formula is C7H15O2P. The van der Waals surface area contributed by atoms with Gasteiger partial charge in [-0.2, -0.15) is 0 Å². The number of hydrogen-bond acceptors (Lipinski definition) is 2. The van der Waals surface area contributed by atoms with Crippen LogP contribution < -0.4 is 0 Å². The van der Waals surface area contributed by atoms with Crippen LogP contribution in [0.15, 0.2) is 0 Å². The second kappa shape index (κ2) is 5.67. The van der Waals surface area contributed by atoms with E-state index in [1.807, 2.05) is 6.92 Å². The Labute approximate surface area is 62.8 Å². The zero-order valence-electron chi connectivity index (χ0n) is 6.64. The van der Waals surface area contributed by atoms with Gasteiger partial charge in [-0.1, -0.05) is 6.92 Å². The van der Waals surface area contributed by atoms with E-state index in [-0.39, 0.29) is 5.78 Å². The van der Waals surface area contributed by atoms with Crippen LogP contribution in [0.2, 0.25) is 0 Å². The maximum atomic E-state index is 10.8. The van der Waals surface area contributed by atoms with Crippen LogP contribution in [0.5, 0.6) is 0 Å². The van der Waals surface area contributed by atoms with Crippen molar-refractivity contribution in [3.05, 3.63) is 0 Å². The number of ketones is 1. The number of rotatable bonds is 5. The van der Waals surface area contributed by atoms with Gasteiger partial charge in [-0.15, -0.1) is 0 Å². The van der Waals surface area contributed by atoms with Gasteiger partial charge < -0.3 is 4.57 Å². The molecule has 0 aliphatic heterocycles. The molecule has 0 spiro atoms. The third kappa shape index (κ3) is 6.03. The van der Waals surface area contributed by atoms with Gasteiger partial charge in [0.1, 0.15) is 5.78 Å². The quantitative estimate of drug-likeness (QED) is 0.579. The van der Waals surface area contributed by atoms with Gasteiger partial charge in [0.25, 0.3) is 0 Å².